The van der Waals surface area contributed by atoms with E-state index < -0.39 is 0 Å². The van der Waals surface area contributed by atoms with Crippen molar-refractivity contribution >= 4 is 33.5 Å². The number of rotatable bonds is 0. The molecule has 0 saturated carbocycles. The van der Waals surface area contributed by atoms with Gasteiger partial charge in [0.1, 0.15) is 5.82 Å². The monoisotopic (exact) mass is 289 g/mol. The maximum absolute atomic E-state index is 13.6. The Kier molecular flexibility index (Phi) is 2.06. The van der Waals surface area contributed by atoms with E-state index in [1.54, 1.807) is 6.92 Å². The van der Waals surface area contributed by atoms with E-state index in [1.807, 2.05) is 19.1 Å². The van der Waals surface area contributed by atoms with Crippen molar-refractivity contribution in [2.75, 3.05) is 0 Å². The fourth-order valence-corrected chi connectivity index (χ4v) is 2.01. The van der Waals surface area contributed by atoms with E-state index in [-0.39, 0.29) is 5.82 Å². The van der Waals surface area contributed by atoms with E-state index in [1.165, 1.54) is 0 Å². The van der Waals surface area contributed by atoms with Gasteiger partial charge in [0.25, 0.3) is 0 Å². The van der Waals surface area contributed by atoms with Crippen molar-refractivity contribution in [1.82, 2.24) is 4.98 Å². The van der Waals surface area contributed by atoms with Gasteiger partial charge >= 0.3 is 0 Å². The summed E-state index contributed by atoms with van der Waals surface area (Å²) < 4.78 is 14.7. The van der Waals surface area contributed by atoms with E-state index >= 15 is 0 Å². The number of nitrogens with one attached hydrogen (secondary N) is 1. The Morgan fingerprint density at radius 3 is 2.69 bits per heavy atom. The molecule has 0 radical (unpaired) electrons. The molecule has 3 heteroatoms. The van der Waals surface area contributed by atoms with Crippen LogP contribution in [0, 0.1) is 23.2 Å². The van der Waals surface area contributed by atoms with Crippen LogP contribution in [0.2, 0.25) is 0 Å². The van der Waals surface area contributed by atoms with Gasteiger partial charge in [0.15, 0.2) is 0 Å². The molecular weight excluding hydrogens is 280 g/mol. The molecule has 0 aliphatic carbocycles. The van der Waals surface area contributed by atoms with Gasteiger partial charge in [-0.05, 0) is 42.0 Å². The molecule has 2 aromatic rings. The molecule has 0 bridgehead atoms. The summed E-state index contributed by atoms with van der Waals surface area (Å²) >= 11 is 2.23. The van der Waals surface area contributed by atoms with Crippen molar-refractivity contribution in [2.45, 2.75) is 13.8 Å². The highest BCUT2D eigenvalue weighted by Crippen LogP contribution is 2.26. The minimum absolute atomic E-state index is 0.136. The Balaban J connectivity index is 2.94. The van der Waals surface area contributed by atoms with Gasteiger partial charge in [-0.2, -0.15) is 0 Å². The number of fused-ring (bicyclic) bond motifs is 1. The number of halogens is 2. The molecule has 0 fully saturated rings. The highest BCUT2D eigenvalue weighted by molar-refractivity contribution is 14.1. The Hall–Kier alpha value is -0.580. The third-order valence-corrected chi connectivity index (χ3v) is 3.60. The first-order chi connectivity index (χ1) is 6.11. The van der Waals surface area contributed by atoms with Crippen molar-refractivity contribution in [3.63, 3.8) is 0 Å². The predicted octanol–water partition coefficient (Wildman–Crippen LogP) is 3.53. The Labute approximate surface area is 89.5 Å². The molecule has 68 valence electrons. The second-order valence-electron chi connectivity index (χ2n) is 3.18. The lowest BCUT2D eigenvalue weighted by atomic mass is 10.2. The molecular formula is C10H9FIN. The summed E-state index contributed by atoms with van der Waals surface area (Å²) in [5.74, 6) is -0.136. The first-order valence-electron chi connectivity index (χ1n) is 4.04. The molecule has 13 heavy (non-hydrogen) atoms. The molecule has 2 rings (SSSR count). The fraction of sp³-hybridized carbons (Fsp3) is 0.200. The van der Waals surface area contributed by atoms with Crippen LogP contribution in [0.15, 0.2) is 12.1 Å². The minimum atomic E-state index is -0.136. The largest absolute Gasteiger partial charge is 0.355 e. The average molecular weight is 289 g/mol. The molecule has 1 nitrogen and oxygen atoms in total. The maximum Gasteiger partial charge on any atom is 0.150 e. The summed E-state index contributed by atoms with van der Waals surface area (Å²) in [6.45, 7) is 3.73. The standard InChI is InChI=1S/C10H9FIN/c1-5-3-4-7-9(12)6(2)13-10(7)8(5)11/h3-4,13H,1-2H3. The molecule has 1 aromatic heterocycles. The van der Waals surface area contributed by atoms with Crippen molar-refractivity contribution in [2.24, 2.45) is 0 Å². The summed E-state index contributed by atoms with van der Waals surface area (Å²) in [7, 11) is 0. The molecule has 0 amide bonds. The zero-order chi connectivity index (χ0) is 9.59. The molecule has 0 unspecified atom stereocenters. The summed E-state index contributed by atoms with van der Waals surface area (Å²) in [6, 6.07) is 3.77. The van der Waals surface area contributed by atoms with Crippen molar-refractivity contribution in [1.29, 1.82) is 0 Å². The first-order valence-corrected chi connectivity index (χ1v) is 5.12. The van der Waals surface area contributed by atoms with Gasteiger partial charge < -0.3 is 4.98 Å². The number of aromatic amines is 1. The highest BCUT2D eigenvalue weighted by Gasteiger charge is 2.10. The van der Waals surface area contributed by atoms with E-state index in [0.29, 0.717) is 11.1 Å². The normalized spacial score (nSPS) is 11.1. The van der Waals surface area contributed by atoms with Gasteiger partial charge in [-0.1, -0.05) is 12.1 Å². The molecule has 0 aliphatic rings. The molecule has 0 spiro atoms. The second kappa shape index (κ2) is 2.97. The molecule has 0 aliphatic heterocycles. The zero-order valence-electron chi connectivity index (χ0n) is 7.41. The summed E-state index contributed by atoms with van der Waals surface area (Å²) in [5.41, 5.74) is 2.34. The maximum atomic E-state index is 13.6. The van der Waals surface area contributed by atoms with Crippen LogP contribution < -0.4 is 0 Å². The Morgan fingerprint density at radius 2 is 2.00 bits per heavy atom. The zero-order valence-corrected chi connectivity index (χ0v) is 9.57. The van der Waals surface area contributed by atoms with E-state index in [0.717, 1.165) is 14.7 Å². The van der Waals surface area contributed by atoms with Gasteiger partial charge in [-0.15, -0.1) is 0 Å². The van der Waals surface area contributed by atoms with Crippen LogP contribution in [-0.2, 0) is 0 Å². The summed E-state index contributed by atoms with van der Waals surface area (Å²) in [5, 5.41) is 0.973. The lowest BCUT2D eigenvalue weighted by Gasteiger charge is -1.96. The van der Waals surface area contributed by atoms with Crippen molar-refractivity contribution < 1.29 is 4.39 Å². The third kappa shape index (κ3) is 1.25. The number of H-pyrrole nitrogens is 1. The van der Waals surface area contributed by atoms with E-state index in [4.69, 9.17) is 0 Å². The van der Waals surface area contributed by atoms with Crippen LogP contribution in [0.1, 0.15) is 11.3 Å². The van der Waals surface area contributed by atoms with Gasteiger partial charge in [0, 0.05) is 14.7 Å². The van der Waals surface area contributed by atoms with E-state index in [9.17, 15) is 4.39 Å². The molecule has 0 atom stereocenters. The number of aryl methyl sites for hydroxylation is 2. The third-order valence-electron chi connectivity index (χ3n) is 2.21. The summed E-state index contributed by atoms with van der Waals surface area (Å²) in [4.78, 5) is 3.05. The number of benzene rings is 1. The molecule has 1 aromatic carbocycles. The lowest BCUT2D eigenvalue weighted by molar-refractivity contribution is 0.628. The first kappa shape index (κ1) is 8.99. The summed E-state index contributed by atoms with van der Waals surface area (Å²) in [6.07, 6.45) is 0. The average Bonchev–Trinajstić information content (AvgIpc) is 2.38. The topological polar surface area (TPSA) is 15.8 Å². The lowest BCUT2D eigenvalue weighted by Crippen LogP contribution is -1.83. The van der Waals surface area contributed by atoms with Crippen LogP contribution in [0.4, 0.5) is 4.39 Å². The predicted molar refractivity (Wildman–Crippen MR) is 60.4 cm³/mol. The van der Waals surface area contributed by atoms with Crippen LogP contribution in [0.3, 0.4) is 0 Å². The quantitative estimate of drug-likeness (QED) is 0.714. The second-order valence-corrected chi connectivity index (χ2v) is 4.26. The van der Waals surface area contributed by atoms with E-state index in [2.05, 4.69) is 27.6 Å². The Bertz CT molecular complexity index is 473. The van der Waals surface area contributed by atoms with Crippen LogP contribution in [0.5, 0.6) is 0 Å². The van der Waals surface area contributed by atoms with Crippen molar-refractivity contribution in [3.05, 3.63) is 32.8 Å². The fourth-order valence-electron chi connectivity index (χ4n) is 1.43. The van der Waals surface area contributed by atoms with Gasteiger partial charge in [0.05, 0.1) is 5.52 Å². The van der Waals surface area contributed by atoms with Crippen LogP contribution in [-0.4, -0.2) is 4.98 Å². The SMILES string of the molecule is Cc1ccc2c(I)c(C)[nH]c2c1F. The number of hydrogen-bond donors (Lipinski definition) is 1. The van der Waals surface area contributed by atoms with Gasteiger partial charge in [-0.3, -0.25) is 0 Å². The smallest absolute Gasteiger partial charge is 0.150 e. The molecule has 0 saturated heterocycles. The Morgan fingerprint density at radius 1 is 1.31 bits per heavy atom. The minimum Gasteiger partial charge on any atom is -0.355 e. The number of aromatic nitrogens is 1. The van der Waals surface area contributed by atoms with Crippen LogP contribution in [0.25, 0.3) is 10.9 Å². The molecule has 1 N–H and O–H groups in total. The van der Waals surface area contributed by atoms with Gasteiger partial charge in [0.2, 0.25) is 0 Å². The van der Waals surface area contributed by atoms with Crippen LogP contribution >= 0.6 is 22.6 Å². The van der Waals surface area contributed by atoms with Crippen molar-refractivity contribution in [3.8, 4) is 0 Å². The number of hydrogen-bond acceptors (Lipinski definition) is 0. The molecule has 1 heterocycles. The van der Waals surface area contributed by atoms with Gasteiger partial charge in [-0.25, -0.2) is 4.39 Å². The highest BCUT2D eigenvalue weighted by atomic mass is 127.